The molecular weight excluding hydrogens is 628 g/mol. The number of benzene rings is 2. The molecule has 1 aliphatic rings. The zero-order valence-corrected chi connectivity index (χ0v) is 26.1. The molecule has 1 aliphatic carbocycles. The third-order valence-corrected chi connectivity index (χ3v) is 9.37. The van der Waals surface area contributed by atoms with Crippen LogP contribution in [0.2, 0.25) is 25.1 Å². The van der Waals surface area contributed by atoms with Gasteiger partial charge in [0, 0.05) is 22.6 Å². The minimum atomic E-state index is -4.01. The molecule has 7 nitrogen and oxygen atoms in total. The minimum absolute atomic E-state index is 0.00277. The first kappa shape index (κ1) is 32.1. The molecule has 0 radical (unpaired) electrons. The molecule has 0 aromatic heterocycles. The van der Waals surface area contributed by atoms with Crippen LogP contribution in [0.3, 0.4) is 0 Å². The van der Waals surface area contributed by atoms with Gasteiger partial charge in [0.2, 0.25) is 21.8 Å². The molecule has 0 unspecified atom stereocenters. The van der Waals surface area contributed by atoms with Crippen molar-refractivity contribution < 1.29 is 18.0 Å². The summed E-state index contributed by atoms with van der Waals surface area (Å²) in [6, 6.07) is 6.58. The Morgan fingerprint density at radius 3 is 2.18 bits per heavy atom. The summed E-state index contributed by atoms with van der Waals surface area (Å²) < 4.78 is 26.5. The Hall–Kier alpha value is -1.42. The lowest BCUT2D eigenvalue weighted by molar-refractivity contribution is -0.140. The Labute approximate surface area is 254 Å². The van der Waals surface area contributed by atoms with Crippen LogP contribution in [-0.2, 0) is 26.2 Å². The Balaban J connectivity index is 1.99. The van der Waals surface area contributed by atoms with E-state index in [4.69, 9.17) is 58.0 Å². The van der Waals surface area contributed by atoms with E-state index in [1.165, 1.54) is 17.0 Å². The molecule has 1 atom stereocenters. The molecule has 2 aromatic rings. The van der Waals surface area contributed by atoms with Gasteiger partial charge >= 0.3 is 0 Å². The summed E-state index contributed by atoms with van der Waals surface area (Å²) in [5.41, 5.74) is 0.544. The molecule has 0 saturated heterocycles. The first-order chi connectivity index (χ1) is 18.3. The summed E-state index contributed by atoms with van der Waals surface area (Å²) in [4.78, 5) is 28.7. The smallest absolute Gasteiger partial charge is 0.244 e. The molecular formula is C26H30Cl5N3O4S. The second-order valence-electron chi connectivity index (χ2n) is 9.51. The monoisotopic (exact) mass is 655 g/mol. The summed E-state index contributed by atoms with van der Waals surface area (Å²) >= 11 is 30.9. The number of carbonyl (C=O) groups is 2. The molecule has 214 valence electrons. The van der Waals surface area contributed by atoms with E-state index in [9.17, 15) is 18.0 Å². The van der Waals surface area contributed by atoms with Crippen molar-refractivity contribution in [1.29, 1.82) is 0 Å². The lowest BCUT2D eigenvalue weighted by Gasteiger charge is -2.34. The van der Waals surface area contributed by atoms with Gasteiger partial charge in [-0.2, -0.15) is 0 Å². The van der Waals surface area contributed by atoms with Gasteiger partial charge < -0.3 is 10.2 Å². The van der Waals surface area contributed by atoms with Crippen molar-refractivity contribution in [2.75, 3.05) is 17.1 Å². The lowest BCUT2D eigenvalue weighted by Crippen LogP contribution is -2.54. The standard InChI is InChI=1S/C26H30Cl5N3O4S/c1-3-23(26(36)32-18-7-5-4-6-8-18)33(14-16-9-10-17(27)11-19(16)28)25(35)15-34(39(2,37)38)24-13-21(30)20(29)12-22(24)31/h9-13,18,23H,3-8,14-15H2,1-2H3,(H,32,36)/t23-/m0/s1. The quantitative estimate of drug-likeness (QED) is 0.280. The number of nitrogens with one attached hydrogen (secondary N) is 1. The van der Waals surface area contributed by atoms with Gasteiger partial charge in [0.1, 0.15) is 12.6 Å². The van der Waals surface area contributed by atoms with Crippen LogP contribution in [0.15, 0.2) is 30.3 Å². The summed E-state index contributed by atoms with van der Waals surface area (Å²) in [7, 11) is -4.01. The maximum absolute atomic E-state index is 13.9. The van der Waals surface area contributed by atoms with E-state index in [2.05, 4.69) is 5.32 Å². The summed E-state index contributed by atoms with van der Waals surface area (Å²) in [5.74, 6) is -0.930. The predicted molar refractivity (Wildman–Crippen MR) is 160 cm³/mol. The van der Waals surface area contributed by atoms with Gasteiger partial charge in [-0.05, 0) is 49.1 Å². The number of anilines is 1. The first-order valence-corrected chi connectivity index (χ1v) is 16.2. The fourth-order valence-electron chi connectivity index (χ4n) is 4.60. The third kappa shape index (κ3) is 8.54. The number of amides is 2. The number of rotatable bonds is 10. The number of hydrogen-bond acceptors (Lipinski definition) is 4. The second-order valence-corrected chi connectivity index (χ2v) is 13.5. The second kappa shape index (κ2) is 14.0. The highest BCUT2D eigenvalue weighted by Crippen LogP contribution is 2.36. The van der Waals surface area contributed by atoms with E-state index in [1.807, 2.05) is 0 Å². The van der Waals surface area contributed by atoms with Crippen molar-refractivity contribution in [3.8, 4) is 0 Å². The highest BCUT2D eigenvalue weighted by molar-refractivity contribution is 7.92. The van der Waals surface area contributed by atoms with E-state index in [0.717, 1.165) is 42.7 Å². The molecule has 2 amide bonds. The molecule has 3 rings (SSSR count). The molecule has 13 heteroatoms. The predicted octanol–water partition coefficient (Wildman–Crippen LogP) is 6.98. The van der Waals surface area contributed by atoms with Crippen LogP contribution in [-0.4, -0.2) is 50.0 Å². The highest BCUT2D eigenvalue weighted by atomic mass is 35.5. The molecule has 0 bridgehead atoms. The number of halogens is 5. The fraction of sp³-hybridized carbons (Fsp3) is 0.462. The highest BCUT2D eigenvalue weighted by Gasteiger charge is 2.34. The van der Waals surface area contributed by atoms with E-state index in [0.29, 0.717) is 22.0 Å². The number of nitrogens with zero attached hydrogens (tertiary/aromatic N) is 2. The summed E-state index contributed by atoms with van der Waals surface area (Å²) in [6.07, 6.45) is 6.17. The number of carbonyl (C=O) groups excluding carboxylic acids is 2. The van der Waals surface area contributed by atoms with Crippen molar-refractivity contribution in [3.05, 3.63) is 61.0 Å². The number of hydrogen-bond donors (Lipinski definition) is 1. The molecule has 0 spiro atoms. The Bertz CT molecular complexity index is 1320. The van der Waals surface area contributed by atoms with Crippen LogP contribution in [0.5, 0.6) is 0 Å². The van der Waals surface area contributed by atoms with Crippen LogP contribution in [0.4, 0.5) is 5.69 Å². The number of sulfonamides is 1. The largest absolute Gasteiger partial charge is 0.352 e. The molecule has 0 aliphatic heterocycles. The van der Waals surface area contributed by atoms with Crippen LogP contribution < -0.4 is 9.62 Å². The van der Waals surface area contributed by atoms with Crippen LogP contribution in [0.1, 0.15) is 51.0 Å². The minimum Gasteiger partial charge on any atom is -0.352 e. The van der Waals surface area contributed by atoms with Crippen LogP contribution in [0.25, 0.3) is 0 Å². The Morgan fingerprint density at radius 2 is 1.59 bits per heavy atom. The van der Waals surface area contributed by atoms with Gasteiger partial charge in [-0.15, -0.1) is 0 Å². The van der Waals surface area contributed by atoms with Crippen LogP contribution in [0, 0.1) is 0 Å². The Kier molecular flexibility index (Phi) is 11.5. The average molecular weight is 658 g/mol. The van der Waals surface area contributed by atoms with Gasteiger partial charge in [-0.3, -0.25) is 13.9 Å². The summed E-state index contributed by atoms with van der Waals surface area (Å²) in [5, 5.41) is 4.01. The lowest BCUT2D eigenvalue weighted by atomic mass is 9.95. The normalized spacial score (nSPS) is 15.1. The van der Waals surface area contributed by atoms with Gasteiger partial charge in [0.05, 0.1) is 27.0 Å². The van der Waals surface area contributed by atoms with Gasteiger partial charge in [0.15, 0.2) is 0 Å². The fourth-order valence-corrected chi connectivity index (χ4v) is 6.61. The van der Waals surface area contributed by atoms with E-state index in [-0.39, 0.29) is 39.2 Å². The van der Waals surface area contributed by atoms with Gasteiger partial charge in [-0.25, -0.2) is 8.42 Å². The maximum Gasteiger partial charge on any atom is 0.244 e. The van der Waals surface area contributed by atoms with Crippen molar-refractivity contribution in [2.45, 2.75) is 64.1 Å². The Morgan fingerprint density at radius 1 is 0.949 bits per heavy atom. The van der Waals surface area contributed by atoms with Crippen molar-refractivity contribution in [3.63, 3.8) is 0 Å². The molecule has 1 fully saturated rings. The van der Waals surface area contributed by atoms with E-state index >= 15 is 0 Å². The first-order valence-electron chi connectivity index (χ1n) is 12.5. The molecule has 1 N–H and O–H groups in total. The molecule has 2 aromatic carbocycles. The van der Waals surface area contributed by atoms with Gasteiger partial charge in [-0.1, -0.05) is 90.3 Å². The van der Waals surface area contributed by atoms with Crippen molar-refractivity contribution >= 4 is 85.5 Å². The van der Waals surface area contributed by atoms with E-state index in [1.54, 1.807) is 25.1 Å². The van der Waals surface area contributed by atoms with Crippen molar-refractivity contribution in [2.24, 2.45) is 0 Å². The zero-order valence-electron chi connectivity index (χ0n) is 21.5. The van der Waals surface area contributed by atoms with Crippen molar-refractivity contribution in [1.82, 2.24) is 10.2 Å². The van der Waals surface area contributed by atoms with Gasteiger partial charge in [0.25, 0.3) is 0 Å². The van der Waals surface area contributed by atoms with Crippen LogP contribution >= 0.6 is 58.0 Å². The topological polar surface area (TPSA) is 86.8 Å². The average Bonchev–Trinajstić information content (AvgIpc) is 2.86. The SMILES string of the molecule is CC[C@@H](C(=O)NC1CCCCC1)N(Cc1ccc(Cl)cc1Cl)C(=O)CN(c1cc(Cl)c(Cl)cc1Cl)S(C)(=O)=O. The third-order valence-electron chi connectivity index (χ3n) is 6.63. The van der Waals surface area contributed by atoms with E-state index < -0.39 is 28.5 Å². The zero-order chi connectivity index (χ0) is 28.9. The molecule has 0 heterocycles. The molecule has 39 heavy (non-hydrogen) atoms. The molecule has 1 saturated carbocycles. The maximum atomic E-state index is 13.9. The summed E-state index contributed by atoms with van der Waals surface area (Å²) in [6.45, 7) is 1.12.